The molecule has 132 valence electrons. The van der Waals surface area contributed by atoms with Gasteiger partial charge in [-0.25, -0.2) is 18.8 Å². The lowest BCUT2D eigenvalue weighted by Crippen LogP contribution is -2.24. The molecule has 0 bridgehead atoms. The Morgan fingerprint density at radius 2 is 1.81 bits per heavy atom. The van der Waals surface area contributed by atoms with Gasteiger partial charge in [0.15, 0.2) is 0 Å². The van der Waals surface area contributed by atoms with Crippen LogP contribution >= 0.6 is 0 Å². The largest absolute Gasteiger partial charge is 0.465 e. The lowest BCUT2D eigenvalue weighted by atomic mass is 10.1. The number of esters is 1. The zero-order chi connectivity index (χ0) is 18.1. The van der Waals surface area contributed by atoms with Crippen molar-refractivity contribution < 1.29 is 9.53 Å². The van der Waals surface area contributed by atoms with E-state index in [9.17, 15) is 9.59 Å². The Morgan fingerprint density at radius 3 is 2.42 bits per heavy atom. The molecule has 0 aliphatic heterocycles. The molecule has 1 aromatic heterocycles. The topological polar surface area (TPSA) is 66.1 Å². The number of benzene rings is 2. The highest BCUT2D eigenvalue weighted by atomic mass is 16.5. The van der Waals surface area contributed by atoms with E-state index < -0.39 is 0 Å². The fourth-order valence-corrected chi connectivity index (χ4v) is 2.99. The van der Waals surface area contributed by atoms with E-state index >= 15 is 0 Å². The summed E-state index contributed by atoms with van der Waals surface area (Å²) in [5, 5.41) is 4.59. The van der Waals surface area contributed by atoms with Crippen LogP contribution in [0, 0.1) is 0 Å². The van der Waals surface area contributed by atoms with Crippen molar-refractivity contribution in [3.8, 4) is 5.69 Å². The average Bonchev–Trinajstić information content (AvgIpc) is 3.48. The van der Waals surface area contributed by atoms with Crippen molar-refractivity contribution in [3.05, 3.63) is 82.0 Å². The van der Waals surface area contributed by atoms with Crippen LogP contribution in [0.4, 0.5) is 0 Å². The van der Waals surface area contributed by atoms with Crippen LogP contribution in [0.25, 0.3) is 5.69 Å². The van der Waals surface area contributed by atoms with E-state index in [0.717, 1.165) is 29.9 Å². The number of carbonyl (C=O) groups excluding carboxylic acids is 1. The van der Waals surface area contributed by atoms with Crippen LogP contribution in [0.3, 0.4) is 0 Å². The molecule has 0 atom stereocenters. The maximum absolute atomic E-state index is 12.9. The van der Waals surface area contributed by atoms with Gasteiger partial charge in [0.2, 0.25) is 0 Å². The van der Waals surface area contributed by atoms with Crippen LogP contribution in [0.5, 0.6) is 0 Å². The number of methoxy groups -OCH3 is 1. The zero-order valence-electron chi connectivity index (χ0n) is 14.5. The average molecular weight is 349 g/mol. The van der Waals surface area contributed by atoms with E-state index in [1.807, 2.05) is 42.5 Å². The SMILES string of the molecule is COC(=O)c1ccc(Cn2nc(C3CC3)n(-c3ccccc3)c2=O)cc1. The van der Waals surface area contributed by atoms with Gasteiger partial charge in [-0.05, 0) is 42.7 Å². The zero-order valence-corrected chi connectivity index (χ0v) is 14.5. The summed E-state index contributed by atoms with van der Waals surface area (Å²) in [6.07, 6.45) is 2.13. The molecule has 3 aromatic rings. The molecule has 26 heavy (non-hydrogen) atoms. The van der Waals surface area contributed by atoms with E-state index in [1.54, 1.807) is 16.7 Å². The Hall–Kier alpha value is -3.15. The first-order chi connectivity index (χ1) is 12.7. The van der Waals surface area contributed by atoms with Crippen molar-refractivity contribution in [1.82, 2.24) is 14.3 Å². The van der Waals surface area contributed by atoms with Crippen molar-refractivity contribution >= 4 is 5.97 Å². The number of hydrogen-bond acceptors (Lipinski definition) is 4. The molecule has 2 aromatic carbocycles. The lowest BCUT2D eigenvalue weighted by Gasteiger charge is -2.04. The Morgan fingerprint density at radius 1 is 1.12 bits per heavy atom. The van der Waals surface area contributed by atoms with Crippen LogP contribution in [0.1, 0.15) is 40.5 Å². The lowest BCUT2D eigenvalue weighted by molar-refractivity contribution is 0.0600. The predicted molar refractivity (Wildman–Crippen MR) is 96.7 cm³/mol. The van der Waals surface area contributed by atoms with E-state index in [0.29, 0.717) is 18.0 Å². The molecule has 1 heterocycles. The Labute approximate surface area is 150 Å². The van der Waals surface area contributed by atoms with Crippen LogP contribution in [0.2, 0.25) is 0 Å². The van der Waals surface area contributed by atoms with E-state index in [2.05, 4.69) is 5.10 Å². The van der Waals surface area contributed by atoms with Gasteiger partial charge >= 0.3 is 11.7 Å². The third kappa shape index (κ3) is 3.06. The van der Waals surface area contributed by atoms with Gasteiger partial charge in [-0.3, -0.25) is 0 Å². The summed E-state index contributed by atoms with van der Waals surface area (Å²) in [6, 6.07) is 16.6. The van der Waals surface area contributed by atoms with Crippen molar-refractivity contribution in [3.63, 3.8) is 0 Å². The highest BCUT2D eigenvalue weighted by Crippen LogP contribution is 2.39. The van der Waals surface area contributed by atoms with Gasteiger partial charge in [-0.15, -0.1) is 0 Å². The molecular weight excluding hydrogens is 330 g/mol. The summed E-state index contributed by atoms with van der Waals surface area (Å²) >= 11 is 0. The molecule has 1 aliphatic rings. The molecule has 6 nitrogen and oxygen atoms in total. The molecular formula is C20H19N3O3. The molecule has 0 saturated heterocycles. The number of nitrogens with zero attached hydrogens (tertiary/aromatic N) is 3. The minimum absolute atomic E-state index is 0.143. The highest BCUT2D eigenvalue weighted by molar-refractivity contribution is 5.89. The smallest absolute Gasteiger partial charge is 0.350 e. The van der Waals surface area contributed by atoms with E-state index in [4.69, 9.17) is 4.74 Å². The van der Waals surface area contributed by atoms with Crippen LogP contribution in [-0.2, 0) is 11.3 Å². The summed E-state index contributed by atoms with van der Waals surface area (Å²) in [4.78, 5) is 24.5. The molecule has 0 unspecified atom stereocenters. The first-order valence-electron chi connectivity index (χ1n) is 8.60. The molecule has 1 aliphatic carbocycles. The number of carbonyl (C=O) groups is 1. The van der Waals surface area contributed by atoms with E-state index in [-0.39, 0.29) is 11.7 Å². The minimum Gasteiger partial charge on any atom is -0.465 e. The van der Waals surface area contributed by atoms with E-state index in [1.165, 1.54) is 11.8 Å². The third-order valence-corrected chi connectivity index (χ3v) is 4.53. The molecule has 0 amide bonds. The minimum atomic E-state index is -0.377. The van der Waals surface area contributed by atoms with Crippen molar-refractivity contribution in [2.45, 2.75) is 25.3 Å². The molecule has 1 saturated carbocycles. The van der Waals surface area contributed by atoms with Gasteiger partial charge in [-0.1, -0.05) is 30.3 Å². The first kappa shape index (κ1) is 16.3. The second-order valence-corrected chi connectivity index (χ2v) is 6.43. The first-order valence-corrected chi connectivity index (χ1v) is 8.60. The standard InChI is InChI=1S/C20H19N3O3/c1-26-19(24)16-9-7-14(8-10-16)13-22-20(25)23(17-5-3-2-4-6-17)18(21-22)15-11-12-15/h2-10,15H,11-13H2,1H3. The van der Waals surface area contributed by atoms with Crippen molar-refractivity contribution in [1.29, 1.82) is 0 Å². The fraction of sp³-hybridized carbons (Fsp3) is 0.250. The maximum atomic E-state index is 12.9. The van der Waals surface area contributed by atoms with Crippen molar-refractivity contribution in [2.75, 3.05) is 7.11 Å². The fourth-order valence-electron chi connectivity index (χ4n) is 2.99. The molecule has 4 rings (SSSR count). The van der Waals surface area contributed by atoms with Crippen molar-refractivity contribution in [2.24, 2.45) is 0 Å². The van der Waals surface area contributed by atoms with Gasteiger partial charge in [0.25, 0.3) is 0 Å². The number of ether oxygens (including phenoxy) is 1. The summed E-state index contributed by atoms with van der Waals surface area (Å²) in [5.74, 6) is 0.802. The quantitative estimate of drug-likeness (QED) is 0.664. The second-order valence-electron chi connectivity index (χ2n) is 6.43. The third-order valence-electron chi connectivity index (χ3n) is 4.53. The predicted octanol–water partition coefficient (Wildman–Crippen LogP) is 2.75. The number of hydrogen-bond donors (Lipinski definition) is 0. The maximum Gasteiger partial charge on any atom is 0.350 e. The highest BCUT2D eigenvalue weighted by Gasteiger charge is 2.31. The Kier molecular flexibility index (Phi) is 4.16. The molecule has 0 N–H and O–H groups in total. The second kappa shape index (κ2) is 6.63. The molecule has 6 heteroatoms. The van der Waals surface area contributed by atoms with Gasteiger partial charge in [0, 0.05) is 5.92 Å². The van der Waals surface area contributed by atoms with Crippen LogP contribution in [-0.4, -0.2) is 27.4 Å². The monoisotopic (exact) mass is 349 g/mol. The summed E-state index contributed by atoms with van der Waals surface area (Å²) in [6.45, 7) is 0.361. The Bertz CT molecular complexity index is 983. The molecule has 0 spiro atoms. The summed E-state index contributed by atoms with van der Waals surface area (Å²) in [5.41, 5.74) is 2.08. The van der Waals surface area contributed by atoms with Gasteiger partial charge in [0.05, 0.1) is 24.9 Å². The Balaban J connectivity index is 1.67. The summed E-state index contributed by atoms with van der Waals surface area (Å²) < 4.78 is 7.91. The van der Waals surface area contributed by atoms with Gasteiger partial charge in [0.1, 0.15) is 5.82 Å². The van der Waals surface area contributed by atoms with Gasteiger partial charge in [-0.2, -0.15) is 5.10 Å². The van der Waals surface area contributed by atoms with Crippen LogP contribution < -0.4 is 5.69 Å². The van der Waals surface area contributed by atoms with Gasteiger partial charge < -0.3 is 4.74 Å². The molecule has 0 radical (unpaired) electrons. The summed E-state index contributed by atoms with van der Waals surface area (Å²) in [7, 11) is 1.35. The molecule has 1 fully saturated rings. The number of para-hydroxylation sites is 1. The van der Waals surface area contributed by atoms with Crippen LogP contribution in [0.15, 0.2) is 59.4 Å². The number of rotatable bonds is 5. The number of aromatic nitrogens is 3. The normalized spacial score (nSPS) is 13.6.